The fourth-order valence-electron chi connectivity index (χ4n) is 3.28. The van der Waals surface area contributed by atoms with Crippen LogP contribution in [0.2, 0.25) is 5.02 Å². The van der Waals surface area contributed by atoms with Gasteiger partial charge in [-0.2, -0.15) is 5.10 Å². The third-order valence-corrected chi connectivity index (χ3v) is 4.84. The van der Waals surface area contributed by atoms with E-state index in [4.69, 9.17) is 26.8 Å². The molecule has 8 heteroatoms. The minimum atomic E-state index is -0.541. The summed E-state index contributed by atoms with van der Waals surface area (Å²) < 4.78 is 10.4. The molecule has 0 unspecified atom stereocenters. The molecule has 0 fully saturated rings. The van der Waals surface area contributed by atoms with Gasteiger partial charge in [0.05, 0.1) is 31.2 Å². The molecule has 0 saturated carbocycles. The van der Waals surface area contributed by atoms with E-state index in [0.717, 1.165) is 11.1 Å². The number of nitrogens with two attached hydrogens (primary N) is 1. The number of aromatic amines is 1. The molecular weight excluding hydrogens is 394 g/mol. The summed E-state index contributed by atoms with van der Waals surface area (Å²) in [4.78, 5) is 12.1. The van der Waals surface area contributed by atoms with E-state index in [1.165, 1.54) is 14.2 Å². The van der Waals surface area contributed by atoms with Gasteiger partial charge in [-0.15, -0.1) is 0 Å². The molecule has 0 aliphatic carbocycles. The number of carbonyl (C=O) groups is 1. The first-order valence-corrected chi connectivity index (χ1v) is 9.35. The van der Waals surface area contributed by atoms with Crippen molar-refractivity contribution in [2.24, 2.45) is 5.73 Å². The summed E-state index contributed by atoms with van der Waals surface area (Å²) in [7, 11) is 2.96. The van der Waals surface area contributed by atoms with Gasteiger partial charge in [0.2, 0.25) is 5.75 Å². The molecule has 0 bridgehead atoms. The lowest BCUT2D eigenvalue weighted by Crippen LogP contribution is -2.15. The van der Waals surface area contributed by atoms with Crippen LogP contribution in [0.3, 0.4) is 0 Å². The second-order valence-electron chi connectivity index (χ2n) is 6.55. The zero-order valence-electron chi connectivity index (χ0n) is 16.2. The molecule has 0 aliphatic heterocycles. The normalized spacial score (nSPS) is 10.7. The number of phenolic OH excluding ortho intramolecular Hbond substituents is 1. The topological polar surface area (TPSA) is 110 Å². The number of carbonyl (C=O) groups excluding carboxylic acids is 1. The number of primary amides is 1. The molecular formula is C21H22ClN3O4. The predicted molar refractivity (Wildman–Crippen MR) is 110 cm³/mol. The van der Waals surface area contributed by atoms with E-state index in [-0.39, 0.29) is 11.5 Å². The van der Waals surface area contributed by atoms with Crippen molar-refractivity contribution in [2.75, 3.05) is 14.2 Å². The van der Waals surface area contributed by atoms with Crippen LogP contribution in [0.5, 0.6) is 17.2 Å². The lowest BCUT2D eigenvalue weighted by atomic mass is 10.0. The van der Waals surface area contributed by atoms with Gasteiger partial charge < -0.3 is 20.3 Å². The number of nitrogens with one attached hydrogen (secondary N) is 1. The van der Waals surface area contributed by atoms with Gasteiger partial charge in [0.15, 0.2) is 11.5 Å². The van der Waals surface area contributed by atoms with Gasteiger partial charge >= 0.3 is 0 Å². The van der Waals surface area contributed by atoms with E-state index >= 15 is 0 Å². The monoisotopic (exact) mass is 415 g/mol. The summed E-state index contributed by atoms with van der Waals surface area (Å²) in [5.74, 6) is 0.153. The Morgan fingerprint density at radius 3 is 2.62 bits per heavy atom. The number of nitrogens with zero attached hydrogens (tertiary/aromatic N) is 1. The number of H-pyrrole nitrogens is 1. The molecule has 3 rings (SSSR count). The maximum atomic E-state index is 12.1. The number of rotatable bonds is 8. The number of hydrogen-bond acceptors (Lipinski definition) is 5. The number of ether oxygens (including phenoxy) is 2. The van der Waals surface area contributed by atoms with Gasteiger partial charge in [0.25, 0.3) is 5.91 Å². The Hall–Kier alpha value is -3.19. The highest BCUT2D eigenvalue weighted by molar-refractivity contribution is 6.30. The van der Waals surface area contributed by atoms with Crippen molar-refractivity contribution in [3.05, 3.63) is 69.5 Å². The number of benzene rings is 2. The number of hydrogen-bond donors (Lipinski definition) is 3. The molecule has 0 saturated heterocycles. The van der Waals surface area contributed by atoms with Crippen LogP contribution in [-0.4, -0.2) is 35.4 Å². The largest absolute Gasteiger partial charge is 0.504 e. The smallest absolute Gasteiger partial charge is 0.252 e. The summed E-state index contributed by atoms with van der Waals surface area (Å²) in [6, 6.07) is 10.8. The van der Waals surface area contributed by atoms with Crippen LogP contribution in [0.4, 0.5) is 0 Å². The standard InChI is InChI=1S/C21H22ClN3O4/c1-28-18-11-13(10-17(26)20(18)29-2)6-7-15-19(21(23)27)16(25-24-15)9-12-4-3-5-14(22)8-12/h3-5,8,10-11,26H,6-7,9H2,1-2H3,(H2,23,27)(H,24,25). The van der Waals surface area contributed by atoms with Crippen LogP contribution in [0, 0.1) is 0 Å². The molecule has 3 aromatic rings. The highest BCUT2D eigenvalue weighted by Gasteiger charge is 2.19. The second kappa shape index (κ2) is 8.87. The van der Waals surface area contributed by atoms with Gasteiger partial charge in [-0.05, 0) is 48.2 Å². The van der Waals surface area contributed by atoms with Crippen molar-refractivity contribution in [1.29, 1.82) is 0 Å². The molecule has 0 aliphatic rings. The Labute approximate surface area is 173 Å². The molecule has 1 aromatic heterocycles. The molecule has 0 radical (unpaired) electrons. The fourth-order valence-corrected chi connectivity index (χ4v) is 3.49. The number of aryl methyl sites for hydroxylation is 2. The summed E-state index contributed by atoms with van der Waals surface area (Å²) in [5.41, 5.74) is 8.98. The molecule has 152 valence electrons. The van der Waals surface area contributed by atoms with E-state index in [1.54, 1.807) is 18.2 Å². The minimum absolute atomic E-state index is 0.0133. The van der Waals surface area contributed by atoms with Gasteiger partial charge in [0, 0.05) is 11.4 Å². The molecule has 1 amide bonds. The van der Waals surface area contributed by atoms with Crippen molar-refractivity contribution in [3.63, 3.8) is 0 Å². The van der Waals surface area contributed by atoms with E-state index in [9.17, 15) is 9.90 Å². The van der Waals surface area contributed by atoms with Gasteiger partial charge in [-0.25, -0.2) is 0 Å². The van der Waals surface area contributed by atoms with Crippen LogP contribution in [0.25, 0.3) is 0 Å². The summed E-state index contributed by atoms with van der Waals surface area (Å²) in [6.45, 7) is 0. The first kappa shape index (κ1) is 20.5. The van der Waals surface area contributed by atoms with Gasteiger partial charge in [-0.1, -0.05) is 23.7 Å². The number of phenols is 1. The Balaban J connectivity index is 1.82. The van der Waals surface area contributed by atoms with E-state index in [2.05, 4.69) is 10.2 Å². The van der Waals surface area contributed by atoms with Crippen molar-refractivity contribution >= 4 is 17.5 Å². The fraction of sp³-hybridized carbons (Fsp3) is 0.238. The second-order valence-corrected chi connectivity index (χ2v) is 6.98. The minimum Gasteiger partial charge on any atom is -0.504 e. The van der Waals surface area contributed by atoms with E-state index < -0.39 is 5.91 Å². The maximum absolute atomic E-state index is 12.1. The summed E-state index contributed by atoms with van der Waals surface area (Å²) >= 11 is 6.04. The Bertz CT molecular complexity index is 1030. The van der Waals surface area contributed by atoms with Crippen molar-refractivity contribution in [3.8, 4) is 17.2 Å². The number of aromatic hydroxyl groups is 1. The predicted octanol–water partition coefficient (Wildman–Crippen LogP) is 3.26. The zero-order chi connectivity index (χ0) is 21.0. The highest BCUT2D eigenvalue weighted by atomic mass is 35.5. The van der Waals surface area contributed by atoms with Gasteiger partial charge in [-0.3, -0.25) is 9.89 Å². The number of aromatic nitrogens is 2. The molecule has 1 heterocycles. The van der Waals surface area contributed by atoms with Crippen LogP contribution >= 0.6 is 11.6 Å². The quantitative estimate of drug-likeness (QED) is 0.523. The molecule has 2 aromatic carbocycles. The van der Waals surface area contributed by atoms with Crippen LogP contribution in [0.1, 0.15) is 32.9 Å². The van der Waals surface area contributed by atoms with Crippen LogP contribution in [0.15, 0.2) is 36.4 Å². The van der Waals surface area contributed by atoms with Gasteiger partial charge in [0.1, 0.15) is 0 Å². The lowest BCUT2D eigenvalue weighted by Gasteiger charge is -2.11. The summed E-state index contributed by atoms with van der Waals surface area (Å²) in [6.07, 6.45) is 1.44. The van der Waals surface area contributed by atoms with E-state index in [1.807, 2.05) is 18.2 Å². The Kier molecular flexibility index (Phi) is 6.29. The van der Waals surface area contributed by atoms with Crippen LogP contribution < -0.4 is 15.2 Å². The Morgan fingerprint density at radius 2 is 1.97 bits per heavy atom. The molecule has 29 heavy (non-hydrogen) atoms. The van der Waals surface area contributed by atoms with Crippen LogP contribution in [-0.2, 0) is 19.3 Å². The van der Waals surface area contributed by atoms with Crippen molar-refractivity contribution in [1.82, 2.24) is 10.2 Å². The Morgan fingerprint density at radius 1 is 1.17 bits per heavy atom. The first-order valence-electron chi connectivity index (χ1n) is 8.97. The number of amides is 1. The third kappa shape index (κ3) is 4.63. The zero-order valence-corrected chi connectivity index (χ0v) is 16.9. The number of halogens is 1. The lowest BCUT2D eigenvalue weighted by molar-refractivity contribution is 0.0998. The van der Waals surface area contributed by atoms with Crippen molar-refractivity contribution < 1.29 is 19.4 Å². The summed E-state index contributed by atoms with van der Waals surface area (Å²) in [5, 5.41) is 18.0. The third-order valence-electron chi connectivity index (χ3n) is 4.60. The van der Waals surface area contributed by atoms with E-state index in [0.29, 0.717) is 47.0 Å². The average molecular weight is 416 g/mol. The molecule has 4 N–H and O–H groups in total. The SMILES string of the molecule is COc1cc(CCc2n[nH]c(Cc3cccc(Cl)c3)c2C(N)=O)cc(O)c1OC. The molecule has 0 atom stereocenters. The molecule has 7 nitrogen and oxygen atoms in total. The van der Waals surface area contributed by atoms with Crippen molar-refractivity contribution in [2.45, 2.75) is 19.3 Å². The first-order chi connectivity index (χ1) is 13.9. The highest BCUT2D eigenvalue weighted by Crippen LogP contribution is 2.37. The average Bonchev–Trinajstić information content (AvgIpc) is 3.08. The maximum Gasteiger partial charge on any atom is 0.252 e. The molecule has 0 spiro atoms. The number of methoxy groups -OCH3 is 2.